The molecule has 2 rings (SSSR count). The van der Waals surface area contributed by atoms with E-state index < -0.39 is 0 Å². The van der Waals surface area contributed by atoms with Gasteiger partial charge in [-0.2, -0.15) is 0 Å². The number of hydrogen-bond acceptors (Lipinski definition) is 1. The topological polar surface area (TPSA) is 20.2 Å². The minimum Gasteiger partial charge on any atom is -0.392 e. The van der Waals surface area contributed by atoms with Crippen LogP contribution in [0, 0.1) is 0 Å². The summed E-state index contributed by atoms with van der Waals surface area (Å²) in [6.07, 6.45) is 1.35. The lowest BCUT2D eigenvalue weighted by Crippen LogP contribution is -2.03. The van der Waals surface area contributed by atoms with Crippen molar-refractivity contribution in [3.63, 3.8) is 0 Å². The lowest BCUT2D eigenvalue weighted by atomic mass is 10.1. The van der Waals surface area contributed by atoms with E-state index in [1.807, 2.05) is 18.2 Å². The van der Waals surface area contributed by atoms with E-state index in [4.69, 9.17) is 11.6 Å². The molecule has 58 valence electrons. The van der Waals surface area contributed by atoms with Gasteiger partial charge in [-0.1, -0.05) is 17.7 Å². The second-order valence-electron chi connectivity index (χ2n) is 2.98. The van der Waals surface area contributed by atoms with E-state index in [-0.39, 0.29) is 6.10 Å². The van der Waals surface area contributed by atoms with Crippen LogP contribution >= 0.6 is 11.6 Å². The van der Waals surface area contributed by atoms with E-state index in [9.17, 15) is 5.11 Å². The highest BCUT2D eigenvalue weighted by Gasteiger charge is 2.18. The molecule has 0 amide bonds. The van der Waals surface area contributed by atoms with Gasteiger partial charge in [-0.05, 0) is 36.1 Å². The van der Waals surface area contributed by atoms with Gasteiger partial charge in [0.2, 0.25) is 0 Å². The number of fused-ring (bicyclic) bond motifs is 1. The Morgan fingerprint density at radius 3 is 2.82 bits per heavy atom. The Kier molecular flexibility index (Phi) is 1.63. The van der Waals surface area contributed by atoms with Crippen LogP contribution < -0.4 is 0 Å². The first-order chi connectivity index (χ1) is 5.25. The molecule has 2 heteroatoms. The summed E-state index contributed by atoms with van der Waals surface area (Å²) in [5, 5.41) is 10.1. The molecule has 1 N–H and O–H groups in total. The van der Waals surface area contributed by atoms with Crippen LogP contribution in [0.25, 0.3) is 0 Å². The van der Waals surface area contributed by atoms with Crippen LogP contribution in [0.4, 0.5) is 0 Å². The van der Waals surface area contributed by atoms with E-state index in [0.717, 1.165) is 17.9 Å². The Morgan fingerprint density at radius 2 is 2.00 bits per heavy atom. The predicted octanol–water partition coefficient (Wildman–Crippen LogP) is 1.80. The number of benzene rings is 1. The molecule has 0 fully saturated rings. The van der Waals surface area contributed by atoms with E-state index >= 15 is 0 Å². The molecule has 1 aliphatic rings. The Hall–Kier alpha value is -0.530. The lowest BCUT2D eigenvalue weighted by molar-refractivity contribution is 0.187. The van der Waals surface area contributed by atoms with Gasteiger partial charge >= 0.3 is 0 Å². The van der Waals surface area contributed by atoms with Crippen LogP contribution in [0.5, 0.6) is 0 Å². The predicted molar refractivity (Wildman–Crippen MR) is 44.9 cm³/mol. The standard InChI is InChI=1S/C9H9ClO/c10-8-2-1-6-4-9(11)5-7(6)3-8/h1-3,9,11H,4-5H2/t9-/m1/s1. The van der Waals surface area contributed by atoms with Gasteiger partial charge in [0, 0.05) is 5.02 Å². The maximum Gasteiger partial charge on any atom is 0.0621 e. The maximum atomic E-state index is 9.30. The molecule has 0 heterocycles. The van der Waals surface area contributed by atoms with Crippen molar-refractivity contribution in [3.8, 4) is 0 Å². The zero-order valence-electron chi connectivity index (χ0n) is 6.05. The summed E-state index contributed by atoms with van der Waals surface area (Å²) in [6, 6.07) is 5.80. The average molecular weight is 169 g/mol. The summed E-state index contributed by atoms with van der Waals surface area (Å²) in [4.78, 5) is 0. The van der Waals surface area contributed by atoms with Gasteiger partial charge in [0.15, 0.2) is 0 Å². The third-order valence-corrected chi connectivity index (χ3v) is 2.31. The molecule has 1 aromatic rings. The van der Waals surface area contributed by atoms with E-state index in [2.05, 4.69) is 0 Å². The van der Waals surface area contributed by atoms with Gasteiger partial charge < -0.3 is 5.11 Å². The van der Waals surface area contributed by atoms with Gasteiger partial charge in [-0.15, -0.1) is 0 Å². The Labute approximate surface area is 70.6 Å². The SMILES string of the molecule is O[C@@H]1Cc2ccc(Cl)cc2C1. The van der Waals surface area contributed by atoms with Crippen molar-refractivity contribution in [2.75, 3.05) is 0 Å². The number of hydrogen-bond donors (Lipinski definition) is 1. The molecular formula is C9H9ClO. The summed E-state index contributed by atoms with van der Waals surface area (Å²) < 4.78 is 0. The normalized spacial score (nSPS) is 21.8. The molecule has 0 bridgehead atoms. The molecule has 0 spiro atoms. The van der Waals surface area contributed by atoms with Crippen molar-refractivity contribution >= 4 is 11.6 Å². The molecule has 1 nitrogen and oxygen atoms in total. The zero-order chi connectivity index (χ0) is 7.84. The highest BCUT2D eigenvalue weighted by molar-refractivity contribution is 6.30. The van der Waals surface area contributed by atoms with Crippen molar-refractivity contribution in [1.29, 1.82) is 0 Å². The minimum atomic E-state index is -0.191. The summed E-state index contributed by atoms with van der Waals surface area (Å²) in [5.74, 6) is 0. The number of aliphatic hydroxyl groups excluding tert-OH is 1. The second-order valence-corrected chi connectivity index (χ2v) is 3.41. The van der Waals surface area contributed by atoms with Crippen LogP contribution in [-0.2, 0) is 12.8 Å². The largest absolute Gasteiger partial charge is 0.392 e. The van der Waals surface area contributed by atoms with Crippen LogP contribution in [0.1, 0.15) is 11.1 Å². The van der Waals surface area contributed by atoms with Gasteiger partial charge in [0.1, 0.15) is 0 Å². The van der Waals surface area contributed by atoms with Gasteiger partial charge in [-0.25, -0.2) is 0 Å². The summed E-state index contributed by atoms with van der Waals surface area (Å²) in [5.41, 5.74) is 2.44. The van der Waals surface area contributed by atoms with Crippen LogP contribution in [-0.4, -0.2) is 11.2 Å². The highest BCUT2D eigenvalue weighted by atomic mass is 35.5. The Balaban J connectivity index is 2.43. The van der Waals surface area contributed by atoms with Crippen LogP contribution in [0.3, 0.4) is 0 Å². The summed E-state index contributed by atoms with van der Waals surface area (Å²) >= 11 is 5.79. The molecule has 11 heavy (non-hydrogen) atoms. The molecule has 0 saturated heterocycles. The van der Waals surface area contributed by atoms with Gasteiger partial charge in [0.25, 0.3) is 0 Å². The zero-order valence-corrected chi connectivity index (χ0v) is 6.80. The lowest BCUT2D eigenvalue weighted by Gasteiger charge is -1.96. The van der Waals surface area contributed by atoms with Gasteiger partial charge in [-0.3, -0.25) is 0 Å². The molecule has 0 radical (unpaired) electrons. The van der Waals surface area contributed by atoms with Gasteiger partial charge in [0.05, 0.1) is 6.10 Å². The minimum absolute atomic E-state index is 0.191. The molecule has 1 aromatic carbocycles. The summed E-state index contributed by atoms with van der Waals surface area (Å²) in [6.45, 7) is 0. The fourth-order valence-electron chi connectivity index (χ4n) is 1.56. The van der Waals surface area contributed by atoms with E-state index in [1.165, 1.54) is 11.1 Å². The Bertz CT molecular complexity index is 283. The molecule has 0 unspecified atom stereocenters. The van der Waals surface area contributed by atoms with Crippen molar-refractivity contribution < 1.29 is 5.11 Å². The number of aliphatic hydroxyl groups is 1. The fourth-order valence-corrected chi connectivity index (χ4v) is 1.76. The third-order valence-electron chi connectivity index (χ3n) is 2.08. The van der Waals surface area contributed by atoms with Crippen LogP contribution in [0.2, 0.25) is 5.02 Å². The Morgan fingerprint density at radius 1 is 1.27 bits per heavy atom. The first-order valence-electron chi connectivity index (χ1n) is 3.71. The van der Waals surface area contributed by atoms with E-state index in [1.54, 1.807) is 0 Å². The van der Waals surface area contributed by atoms with Crippen molar-refractivity contribution in [3.05, 3.63) is 34.3 Å². The van der Waals surface area contributed by atoms with Crippen molar-refractivity contribution in [2.45, 2.75) is 18.9 Å². The quantitative estimate of drug-likeness (QED) is 0.627. The second kappa shape index (κ2) is 2.50. The molecule has 0 aromatic heterocycles. The van der Waals surface area contributed by atoms with Crippen LogP contribution in [0.15, 0.2) is 18.2 Å². The van der Waals surface area contributed by atoms with E-state index in [0.29, 0.717) is 0 Å². The molecule has 0 saturated carbocycles. The number of rotatable bonds is 0. The molecule has 1 atom stereocenters. The fraction of sp³-hybridized carbons (Fsp3) is 0.333. The number of halogens is 1. The average Bonchev–Trinajstić information content (AvgIpc) is 2.27. The molecular weight excluding hydrogens is 160 g/mol. The monoisotopic (exact) mass is 168 g/mol. The first-order valence-corrected chi connectivity index (χ1v) is 4.09. The first kappa shape index (κ1) is 7.14. The summed E-state index contributed by atoms with van der Waals surface area (Å²) in [7, 11) is 0. The maximum absolute atomic E-state index is 9.30. The van der Waals surface area contributed by atoms with Crippen molar-refractivity contribution in [1.82, 2.24) is 0 Å². The smallest absolute Gasteiger partial charge is 0.0621 e. The molecule has 0 aliphatic heterocycles. The van der Waals surface area contributed by atoms with Crippen molar-refractivity contribution in [2.24, 2.45) is 0 Å². The highest BCUT2D eigenvalue weighted by Crippen LogP contribution is 2.24. The third kappa shape index (κ3) is 1.26. The molecule has 1 aliphatic carbocycles.